The molecule has 4 atom stereocenters. The molecule has 0 aromatic rings. The fourth-order valence-electron chi connectivity index (χ4n) is 2.25. The van der Waals surface area contributed by atoms with Gasteiger partial charge in [0.25, 0.3) is 0 Å². The maximum Gasteiger partial charge on any atom is 0.148 e. The summed E-state index contributed by atoms with van der Waals surface area (Å²) in [5, 5.41) is 22.9. The lowest BCUT2D eigenvalue weighted by atomic mass is 9.96. The molecule has 0 aliphatic carbocycles. The van der Waals surface area contributed by atoms with Crippen molar-refractivity contribution in [1.82, 2.24) is 4.90 Å². The number of aliphatic hydroxyl groups excluding tert-OH is 2. The van der Waals surface area contributed by atoms with Gasteiger partial charge in [-0.05, 0) is 11.6 Å². The molecule has 1 fully saturated rings. The molecule has 0 aromatic carbocycles. The second-order valence-corrected chi connectivity index (χ2v) is 4.68. The zero-order valence-corrected chi connectivity index (χ0v) is 11.0. The molecule has 4 N–H and O–H groups in total. The molecule has 0 amide bonds. The first-order valence-electron chi connectivity index (χ1n) is 6.05. The maximum atomic E-state index is 13.2. The number of nitrogens with zero attached hydrogens (tertiary/aromatic N) is 5. The molecule has 1 saturated heterocycles. The molecule has 2 aliphatic rings. The first-order chi connectivity index (χ1) is 9.99. The van der Waals surface area contributed by atoms with Crippen molar-refractivity contribution in [2.45, 2.75) is 24.0 Å². The predicted octanol–water partition coefficient (Wildman–Crippen LogP) is -0.259. The summed E-state index contributed by atoms with van der Waals surface area (Å²) in [6.07, 6.45) is 0.344. The minimum Gasteiger partial charge on any atom is -0.393 e. The van der Waals surface area contributed by atoms with Crippen LogP contribution in [0.25, 0.3) is 10.4 Å². The normalized spacial score (nSPS) is 35.6. The lowest BCUT2D eigenvalue weighted by molar-refractivity contribution is -0.142. The summed E-state index contributed by atoms with van der Waals surface area (Å²) in [6.45, 7) is 1.75. The van der Waals surface area contributed by atoms with Crippen molar-refractivity contribution < 1.29 is 19.3 Å². The second kappa shape index (κ2) is 5.70. The molecule has 0 aromatic heterocycles. The van der Waals surface area contributed by atoms with Gasteiger partial charge in [0, 0.05) is 11.1 Å². The summed E-state index contributed by atoms with van der Waals surface area (Å²) in [5.41, 5.74) is 12.3. The van der Waals surface area contributed by atoms with Gasteiger partial charge in [-0.3, -0.25) is 0 Å². The number of halogens is 1. The Kier molecular flexibility index (Phi) is 4.14. The standard InChI is InChI=1S/C11H15FN6O3/c1-6-15-7(13)2-3-18(6)10-8(16-17-14)9(20)11(4-12,5-19)21-10/h2-3,8-10,19-20H,1,4-5H2,(H2,13,15)/t8-,9-,10+,11+/m0/s1. The Morgan fingerprint density at radius 3 is 2.95 bits per heavy atom. The molecule has 9 nitrogen and oxygen atoms in total. The molecule has 10 heteroatoms. The first-order valence-corrected chi connectivity index (χ1v) is 6.05. The van der Waals surface area contributed by atoms with E-state index in [1.807, 2.05) is 0 Å². The Hall–Kier alpha value is -2.13. The molecule has 0 saturated carbocycles. The van der Waals surface area contributed by atoms with Crippen LogP contribution in [-0.4, -0.2) is 58.2 Å². The van der Waals surface area contributed by atoms with E-state index in [4.69, 9.17) is 16.0 Å². The summed E-state index contributed by atoms with van der Waals surface area (Å²) in [7, 11) is 0. The number of rotatable bonds is 4. The van der Waals surface area contributed by atoms with E-state index in [0.717, 1.165) is 0 Å². The molecule has 0 unspecified atom stereocenters. The van der Waals surface area contributed by atoms with Gasteiger partial charge in [0.1, 0.15) is 42.3 Å². The highest BCUT2D eigenvalue weighted by Gasteiger charge is 2.56. The van der Waals surface area contributed by atoms with Crippen LogP contribution in [0.4, 0.5) is 4.39 Å². The quantitative estimate of drug-likeness (QED) is 0.372. The molecule has 0 radical (unpaired) electrons. The van der Waals surface area contributed by atoms with Gasteiger partial charge in [0.05, 0.1) is 6.61 Å². The van der Waals surface area contributed by atoms with Crippen molar-refractivity contribution in [3.05, 3.63) is 35.1 Å². The number of azide groups is 1. The number of hydrogen-bond acceptors (Lipinski definition) is 7. The molecule has 0 spiro atoms. The fraction of sp³-hybridized carbons (Fsp3) is 0.545. The average Bonchev–Trinajstić information content (AvgIpc) is 2.74. The largest absolute Gasteiger partial charge is 0.393 e. The lowest BCUT2D eigenvalue weighted by Crippen LogP contribution is -2.47. The van der Waals surface area contributed by atoms with E-state index < -0.39 is 37.3 Å². The molecule has 2 aliphatic heterocycles. The molecular weight excluding hydrogens is 283 g/mol. The average molecular weight is 298 g/mol. The van der Waals surface area contributed by atoms with Gasteiger partial charge < -0.3 is 25.6 Å². The van der Waals surface area contributed by atoms with E-state index in [-0.39, 0.29) is 11.7 Å². The monoisotopic (exact) mass is 298 g/mol. The Balaban J connectivity index is 2.36. The van der Waals surface area contributed by atoms with Crippen LogP contribution in [0.5, 0.6) is 0 Å². The molecule has 114 valence electrons. The number of ether oxygens (including phenoxy) is 1. The molecular formula is C11H15FN6O3. The van der Waals surface area contributed by atoms with Crippen molar-refractivity contribution in [2.24, 2.45) is 15.8 Å². The third-order valence-corrected chi connectivity index (χ3v) is 3.43. The summed E-state index contributed by atoms with van der Waals surface area (Å²) in [5.74, 6) is 0.395. The van der Waals surface area contributed by atoms with Gasteiger partial charge >= 0.3 is 0 Å². The van der Waals surface area contributed by atoms with E-state index >= 15 is 0 Å². The van der Waals surface area contributed by atoms with Gasteiger partial charge in [-0.25, -0.2) is 9.38 Å². The highest BCUT2D eigenvalue weighted by atomic mass is 19.1. The van der Waals surface area contributed by atoms with E-state index in [0.29, 0.717) is 0 Å². The van der Waals surface area contributed by atoms with Crippen molar-refractivity contribution in [2.75, 3.05) is 13.3 Å². The SMILES string of the molecule is C=C1N=C(N)C=CN1[C@@H]1O[C@@](CO)(CF)[C@@H](O)[C@@H]1N=[N+]=[N-]. The van der Waals surface area contributed by atoms with Gasteiger partial charge in [-0.1, -0.05) is 11.7 Å². The zero-order chi connectivity index (χ0) is 15.6. The summed E-state index contributed by atoms with van der Waals surface area (Å²) >= 11 is 0. The van der Waals surface area contributed by atoms with Crippen LogP contribution < -0.4 is 5.73 Å². The predicted molar refractivity (Wildman–Crippen MR) is 71.3 cm³/mol. The number of nitrogens with two attached hydrogens (primary N) is 1. The highest BCUT2D eigenvalue weighted by Crippen LogP contribution is 2.37. The smallest absolute Gasteiger partial charge is 0.148 e. The maximum absolute atomic E-state index is 13.2. The Labute approximate surface area is 119 Å². The van der Waals surface area contributed by atoms with Crippen LogP contribution in [0.1, 0.15) is 0 Å². The number of alkyl halides is 1. The summed E-state index contributed by atoms with van der Waals surface area (Å²) in [6, 6.07) is -1.14. The molecule has 2 heterocycles. The highest BCUT2D eigenvalue weighted by molar-refractivity contribution is 5.92. The number of hydrogen-bond donors (Lipinski definition) is 3. The minimum absolute atomic E-state index is 0.179. The van der Waals surface area contributed by atoms with Crippen LogP contribution in [-0.2, 0) is 4.74 Å². The van der Waals surface area contributed by atoms with Crippen LogP contribution in [0.3, 0.4) is 0 Å². The third kappa shape index (κ3) is 2.45. The number of aliphatic imine (C=N–C) groups is 1. The second-order valence-electron chi connectivity index (χ2n) is 4.68. The summed E-state index contributed by atoms with van der Waals surface area (Å²) in [4.78, 5) is 7.89. The van der Waals surface area contributed by atoms with E-state index in [2.05, 4.69) is 21.6 Å². The number of aliphatic hydroxyl groups is 2. The van der Waals surface area contributed by atoms with Gasteiger partial charge in [0.15, 0.2) is 0 Å². The molecule has 0 bridgehead atoms. The first kappa shape index (κ1) is 15.3. The van der Waals surface area contributed by atoms with Crippen LogP contribution >= 0.6 is 0 Å². The van der Waals surface area contributed by atoms with Gasteiger partial charge in [-0.15, -0.1) is 0 Å². The Morgan fingerprint density at radius 1 is 1.71 bits per heavy atom. The molecule has 2 rings (SSSR count). The van der Waals surface area contributed by atoms with Crippen LogP contribution in [0.2, 0.25) is 0 Å². The lowest BCUT2D eigenvalue weighted by Gasteiger charge is -2.32. The van der Waals surface area contributed by atoms with Crippen molar-refractivity contribution in [3.8, 4) is 0 Å². The van der Waals surface area contributed by atoms with Gasteiger partial charge in [-0.2, -0.15) is 0 Å². The topological polar surface area (TPSA) is 140 Å². The summed E-state index contributed by atoms with van der Waals surface area (Å²) < 4.78 is 18.7. The Morgan fingerprint density at radius 2 is 2.43 bits per heavy atom. The Bertz CT molecular complexity index is 540. The third-order valence-electron chi connectivity index (χ3n) is 3.43. The van der Waals surface area contributed by atoms with Crippen molar-refractivity contribution in [3.63, 3.8) is 0 Å². The van der Waals surface area contributed by atoms with Crippen LogP contribution in [0.15, 0.2) is 34.8 Å². The van der Waals surface area contributed by atoms with Gasteiger partial charge in [0.2, 0.25) is 0 Å². The minimum atomic E-state index is -1.86. The zero-order valence-electron chi connectivity index (χ0n) is 11.0. The van der Waals surface area contributed by atoms with E-state index in [1.54, 1.807) is 0 Å². The van der Waals surface area contributed by atoms with Crippen LogP contribution in [0, 0.1) is 0 Å². The number of amidine groups is 1. The van der Waals surface area contributed by atoms with Crippen molar-refractivity contribution in [1.29, 1.82) is 0 Å². The molecule has 21 heavy (non-hydrogen) atoms. The fourth-order valence-corrected chi connectivity index (χ4v) is 2.25. The van der Waals surface area contributed by atoms with Crippen molar-refractivity contribution >= 4 is 5.84 Å². The van der Waals surface area contributed by atoms with E-state index in [1.165, 1.54) is 17.2 Å². The van der Waals surface area contributed by atoms with E-state index in [9.17, 15) is 14.6 Å².